The Hall–Kier alpha value is -0.610. The van der Waals surface area contributed by atoms with E-state index in [0.29, 0.717) is 10.4 Å². The second-order valence-corrected chi connectivity index (χ2v) is 5.18. The fourth-order valence-electron chi connectivity index (χ4n) is 1.42. The Bertz CT molecular complexity index is 434. The van der Waals surface area contributed by atoms with Crippen LogP contribution in [0, 0.1) is 5.82 Å². The molecule has 1 aromatic carbocycles. The Morgan fingerprint density at radius 1 is 1.56 bits per heavy atom. The molecule has 2 nitrogen and oxygen atoms in total. The average Bonchev–Trinajstić information content (AvgIpc) is 2.98. The fourth-order valence-corrected chi connectivity index (χ4v) is 2.09. The van der Waals surface area contributed by atoms with Gasteiger partial charge in [-0.3, -0.25) is 4.79 Å². The van der Waals surface area contributed by atoms with Crippen LogP contribution in [0.1, 0.15) is 23.2 Å². The van der Waals surface area contributed by atoms with Gasteiger partial charge in [0.1, 0.15) is 5.82 Å². The number of benzene rings is 1. The van der Waals surface area contributed by atoms with E-state index in [1.165, 1.54) is 12.1 Å². The Kier molecular flexibility index (Phi) is 3.22. The lowest BCUT2D eigenvalue weighted by Gasteiger charge is -2.14. The zero-order chi connectivity index (χ0) is 11.8. The molecule has 1 aliphatic rings. The molecule has 1 fully saturated rings. The molecule has 1 aliphatic carbocycles. The molecule has 2 rings (SSSR count). The Balaban J connectivity index is 2.15. The highest BCUT2D eigenvalue weighted by molar-refractivity contribution is 9.10. The van der Waals surface area contributed by atoms with Gasteiger partial charge in [-0.15, -0.1) is 11.6 Å². The van der Waals surface area contributed by atoms with Gasteiger partial charge in [-0.05, 0) is 31.0 Å². The SMILES string of the molecule is O=C(NC1(CCl)CC1)c1ccc(Br)cc1F. The van der Waals surface area contributed by atoms with Crippen molar-refractivity contribution in [3.63, 3.8) is 0 Å². The third-order valence-corrected chi connectivity index (χ3v) is 3.67. The largest absolute Gasteiger partial charge is 0.345 e. The number of carbonyl (C=O) groups is 1. The highest BCUT2D eigenvalue weighted by atomic mass is 79.9. The van der Waals surface area contributed by atoms with E-state index in [0.717, 1.165) is 12.8 Å². The molecule has 0 heterocycles. The molecular weight excluding hydrogens is 296 g/mol. The predicted octanol–water partition coefficient (Wildman–Crippen LogP) is 3.09. The number of alkyl halides is 1. The van der Waals surface area contributed by atoms with E-state index in [9.17, 15) is 9.18 Å². The number of amides is 1. The van der Waals surface area contributed by atoms with Crippen molar-refractivity contribution in [3.05, 3.63) is 34.1 Å². The highest BCUT2D eigenvalue weighted by Gasteiger charge is 2.43. The van der Waals surface area contributed by atoms with Crippen LogP contribution in [0.2, 0.25) is 0 Å². The first-order chi connectivity index (χ1) is 7.56. The van der Waals surface area contributed by atoms with Gasteiger partial charge in [0.15, 0.2) is 0 Å². The normalized spacial score (nSPS) is 16.9. The molecule has 0 aliphatic heterocycles. The number of nitrogens with one attached hydrogen (secondary N) is 1. The van der Waals surface area contributed by atoms with E-state index < -0.39 is 11.7 Å². The van der Waals surface area contributed by atoms with Crippen molar-refractivity contribution < 1.29 is 9.18 Å². The van der Waals surface area contributed by atoms with Crippen molar-refractivity contribution in [3.8, 4) is 0 Å². The van der Waals surface area contributed by atoms with Crippen LogP contribution >= 0.6 is 27.5 Å². The van der Waals surface area contributed by atoms with Crippen LogP contribution in [-0.2, 0) is 0 Å². The van der Waals surface area contributed by atoms with Crippen LogP contribution in [0.4, 0.5) is 4.39 Å². The van der Waals surface area contributed by atoms with E-state index >= 15 is 0 Å². The fraction of sp³-hybridized carbons (Fsp3) is 0.364. The maximum absolute atomic E-state index is 13.5. The molecule has 0 radical (unpaired) electrons. The molecule has 0 atom stereocenters. The number of rotatable bonds is 3. The molecule has 0 bridgehead atoms. The molecule has 0 aromatic heterocycles. The molecule has 0 spiro atoms. The van der Waals surface area contributed by atoms with E-state index in [-0.39, 0.29) is 11.1 Å². The second-order valence-electron chi connectivity index (χ2n) is 3.99. The van der Waals surface area contributed by atoms with Crippen LogP contribution in [0.15, 0.2) is 22.7 Å². The lowest BCUT2D eigenvalue weighted by Crippen LogP contribution is -2.38. The number of hydrogen-bond donors (Lipinski definition) is 1. The summed E-state index contributed by atoms with van der Waals surface area (Å²) in [5.74, 6) is -0.558. The standard InChI is InChI=1S/C11H10BrClFNO/c12-7-1-2-8(9(14)5-7)10(16)15-11(6-13)3-4-11/h1-2,5H,3-4,6H2,(H,15,16). The molecule has 0 unspecified atom stereocenters. The van der Waals surface area contributed by atoms with Crippen molar-refractivity contribution in [2.45, 2.75) is 18.4 Å². The molecule has 0 saturated heterocycles. The molecule has 1 amide bonds. The summed E-state index contributed by atoms with van der Waals surface area (Å²) in [6.45, 7) is 0. The summed E-state index contributed by atoms with van der Waals surface area (Å²) in [4.78, 5) is 11.8. The quantitative estimate of drug-likeness (QED) is 0.854. The lowest BCUT2D eigenvalue weighted by molar-refractivity contribution is 0.0932. The third-order valence-electron chi connectivity index (χ3n) is 2.66. The number of carbonyl (C=O) groups excluding carboxylic acids is 1. The van der Waals surface area contributed by atoms with Crippen LogP contribution < -0.4 is 5.32 Å². The summed E-state index contributed by atoms with van der Waals surface area (Å²) in [5, 5.41) is 2.77. The van der Waals surface area contributed by atoms with Gasteiger partial charge in [0.05, 0.1) is 11.1 Å². The van der Waals surface area contributed by atoms with Gasteiger partial charge in [0.2, 0.25) is 0 Å². The minimum Gasteiger partial charge on any atom is -0.345 e. The summed E-state index contributed by atoms with van der Waals surface area (Å²) in [6, 6.07) is 4.37. The van der Waals surface area contributed by atoms with Gasteiger partial charge in [0.25, 0.3) is 5.91 Å². The van der Waals surface area contributed by atoms with Crippen LogP contribution in [-0.4, -0.2) is 17.3 Å². The van der Waals surface area contributed by atoms with E-state index in [1.54, 1.807) is 6.07 Å². The van der Waals surface area contributed by atoms with E-state index in [4.69, 9.17) is 11.6 Å². The minimum absolute atomic E-state index is 0.0552. The van der Waals surface area contributed by atoms with Crippen molar-refractivity contribution in [1.29, 1.82) is 0 Å². The first-order valence-corrected chi connectivity index (χ1v) is 6.23. The third kappa shape index (κ3) is 2.38. The molecule has 1 N–H and O–H groups in total. The number of hydrogen-bond acceptors (Lipinski definition) is 1. The van der Waals surface area contributed by atoms with Crippen molar-refractivity contribution >= 4 is 33.4 Å². The van der Waals surface area contributed by atoms with Crippen LogP contribution in [0.25, 0.3) is 0 Å². The van der Waals surface area contributed by atoms with Gasteiger partial charge in [-0.2, -0.15) is 0 Å². The predicted molar refractivity (Wildman–Crippen MR) is 64.3 cm³/mol. The van der Waals surface area contributed by atoms with E-state index in [1.807, 2.05) is 0 Å². The minimum atomic E-state index is -0.530. The summed E-state index contributed by atoms with van der Waals surface area (Å²) in [7, 11) is 0. The molecule has 86 valence electrons. The Morgan fingerprint density at radius 3 is 2.75 bits per heavy atom. The lowest BCUT2D eigenvalue weighted by atomic mass is 10.2. The molecule has 16 heavy (non-hydrogen) atoms. The summed E-state index contributed by atoms with van der Waals surface area (Å²) < 4.78 is 14.1. The van der Waals surface area contributed by atoms with Gasteiger partial charge in [0, 0.05) is 10.4 Å². The summed E-state index contributed by atoms with van der Waals surface area (Å²) in [5.41, 5.74) is -0.252. The monoisotopic (exact) mass is 305 g/mol. The smallest absolute Gasteiger partial charge is 0.254 e. The van der Waals surface area contributed by atoms with Crippen LogP contribution in [0.5, 0.6) is 0 Å². The highest BCUT2D eigenvalue weighted by Crippen LogP contribution is 2.36. The van der Waals surface area contributed by atoms with Gasteiger partial charge < -0.3 is 5.32 Å². The summed E-state index contributed by atoms with van der Waals surface area (Å²) >= 11 is 8.88. The van der Waals surface area contributed by atoms with Gasteiger partial charge in [-0.1, -0.05) is 15.9 Å². The van der Waals surface area contributed by atoms with Gasteiger partial charge in [-0.25, -0.2) is 4.39 Å². The topological polar surface area (TPSA) is 29.1 Å². The second kappa shape index (κ2) is 4.34. The van der Waals surface area contributed by atoms with Crippen molar-refractivity contribution in [2.75, 3.05) is 5.88 Å². The van der Waals surface area contributed by atoms with E-state index in [2.05, 4.69) is 21.2 Å². The molecular formula is C11H10BrClFNO. The average molecular weight is 307 g/mol. The molecule has 1 saturated carbocycles. The summed E-state index contributed by atoms with van der Waals surface area (Å²) in [6.07, 6.45) is 1.72. The Morgan fingerprint density at radius 2 is 2.25 bits per heavy atom. The maximum atomic E-state index is 13.5. The van der Waals surface area contributed by atoms with Gasteiger partial charge >= 0.3 is 0 Å². The van der Waals surface area contributed by atoms with Crippen molar-refractivity contribution in [2.24, 2.45) is 0 Å². The molecule has 5 heteroatoms. The zero-order valence-corrected chi connectivity index (χ0v) is 10.7. The zero-order valence-electron chi connectivity index (χ0n) is 8.40. The first kappa shape index (κ1) is 11.9. The maximum Gasteiger partial charge on any atom is 0.254 e. The first-order valence-electron chi connectivity index (χ1n) is 4.90. The van der Waals surface area contributed by atoms with Crippen molar-refractivity contribution in [1.82, 2.24) is 5.32 Å². The molecule has 1 aromatic rings. The van der Waals surface area contributed by atoms with Crippen LogP contribution in [0.3, 0.4) is 0 Å². The number of halogens is 3. The Labute approximate surface area is 106 Å².